The van der Waals surface area contributed by atoms with Crippen molar-refractivity contribution in [2.24, 2.45) is 11.8 Å². The molecule has 0 saturated heterocycles. The molecule has 1 unspecified atom stereocenters. The third-order valence-corrected chi connectivity index (χ3v) is 4.69. The minimum atomic E-state index is -0.238. The number of aromatic nitrogens is 2. The molecule has 3 N–H and O–H groups in total. The Morgan fingerprint density at radius 3 is 2.80 bits per heavy atom. The van der Waals surface area contributed by atoms with Crippen LogP contribution >= 0.6 is 0 Å². The number of rotatable bonds is 6. The predicted molar refractivity (Wildman–Crippen MR) is 80.0 cm³/mol. The number of nitrogens with one attached hydrogen (secondary N) is 1. The van der Waals surface area contributed by atoms with Crippen LogP contribution in [-0.4, -0.2) is 22.3 Å². The highest BCUT2D eigenvalue weighted by atomic mass is 16.5. The summed E-state index contributed by atoms with van der Waals surface area (Å²) in [6, 6.07) is -0.0541. The van der Waals surface area contributed by atoms with Crippen molar-refractivity contribution in [1.29, 1.82) is 0 Å². The fourth-order valence-electron chi connectivity index (χ4n) is 3.33. The molecule has 5 heteroatoms. The first-order chi connectivity index (χ1) is 9.66. The van der Waals surface area contributed by atoms with Crippen molar-refractivity contribution in [3.8, 4) is 0 Å². The molecular formula is C15H28N4O. The zero-order chi connectivity index (χ0) is 14.6. The first kappa shape index (κ1) is 15.5. The topological polar surface area (TPSA) is 65.1 Å². The molecule has 20 heavy (non-hydrogen) atoms. The number of ether oxygens (including phenoxy) is 1. The summed E-state index contributed by atoms with van der Waals surface area (Å²) in [5.74, 6) is 7.63. The number of imidazole rings is 1. The van der Waals surface area contributed by atoms with E-state index in [9.17, 15) is 0 Å². The van der Waals surface area contributed by atoms with E-state index in [1.807, 2.05) is 12.4 Å². The van der Waals surface area contributed by atoms with Gasteiger partial charge in [-0.25, -0.2) is 10.4 Å². The molecule has 1 atom stereocenters. The molecule has 0 amide bonds. The van der Waals surface area contributed by atoms with Crippen LogP contribution in [0.4, 0.5) is 0 Å². The second kappa shape index (κ2) is 6.70. The summed E-state index contributed by atoms with van der Waals surface area (Å²) in [4.78, 5) is 4.53. The van der Waals surface area contributed by atoms with E-state index in [1.165, 1.54) is 12.8 Å². The van der Waals surface area contributed by atoms with E-state index in [0.717, 1.165) is 37.5 Å². The Hall–Kier alpha value is -0.910. The Kier molecular flexibility index (Phi) is 5.18. The molecule has 114 valence electrons. The number of methoxy groups -OCH3 is 1. The lowest BCUT2D eigenvalue weighted by molar-refractivity contribution is -0.0787. The van der Waals surface area contributed by atoms with Gasteiger partial charge in [0, 0.05) is 26.0 Å². The highest BCUT2D eigenvalue weighted by Gasteiger charge is 2.43. The van der Waals surface area contributed by atoms with Gasteiger partial charge < -0.3 is 9.30 Å². The Balaban J connectivity index is 2.27. The summed E-state index contributed by atoms with van der Waals surface area (Å²) in [6.45, 7) is 5.44. The van der Waals surface area contributed by atoms with Crippen molar-refractivity contribution < 1.29 is 4.74 Å². The average molecular weight is 280 g/mol. The fraction of sp³-hybridized carbons (Fsp3) is 0.800. The van der Waals surface area contributed by atoms with E-state index in [1.54, 1.807) is 7.11 Å². The second-order valence-electron chi connectivity index (χ2n) is 6.03. The average Bonchev–Trinajstić information content (AvgIpc) is 2.91. The predicted octanol–water partition coefficient (Wildman–Crippen LogP) is 2.39. The molecule has 1 fully saturated rings. The molecule has 1 aliphatic rings. The molecule has 5 nitrogen and oxygen atoms in total. The molecule has 2 rings (SSSR count). The normalized spacial score (nSPS) is 28.5. The lowest BCUT2D eigenvalue weighted by Crippen LogP contribution is -2.51. The zero-order valence-corrected chi connectivity index (χ0v) is 12.9. The van der Waals surface area contributed by atoms with Crippen molar-refractivity contribution in [2.75, 3.05) is 7.11 Å². The highest BCUT2D eigenvalue weighted by Crippen LogP contribution is 2.42. The Morgan fingerprint density at radius 2 is 2.25 bits per heavy atom. The van der Waals surface area contributed by atoms with Crippen LogP contribution in [0.5, 0.6) is 0 Å². The monoisotopic (exact) mass is 280 g/mol. The quantitative estimate of drug-likeness (QED) is 0.620. The Bertz CT molecular complexity index is 410. The molecule has 0 aromatic carbocycles. The van der Waals surface area contributed by atoms with Crippen LogP contribution in [0.1, 0.15) is 57.8 Å². The number of nitrogens with zero attached hydrogens (tertiary/aromatic N) is 2. The van der Waals surface area contributed by atoms with Crippen molar-refractivity contribution >= 4 is 0 Å². The smallest absolute Gasteiger partial charge is 0.130 e. The lowest BCUT2D eigenvalue weighted by atomic mass is 9.75. The molecule has 1 saturated carbocycles. The summed E-state index contributed by atoms with van der Waals surface area (Å²) >= 11 is 0. The molecule has 1 heterocycles. The summed E-state index contributed by atoms with van der Waals surface area (Å²) in [5, 5.41) is 0. The standard InChI is InChI=1S/C15H28N4O/c1-4-10-19-11-9-17-14(19)13(18-16)15(20-3)7-5-12(2)6-8-15/h9,11-13,18H,4-8,10,16H2,1-3H3. The first-order valence-electron chi connectivity index (χ1n) is 7.69. The fourth-order valence-corrected chi connectivity index (χ4v) is 3.33. The minimum absolute atomic E-state index is 0.0541. The van der Waals surface area contributed by atoms with E-state index in [4.69, 9.17) is 10.6 Å². The number of aryl methyl sites for hydroxylation is 1. The van der Waals surface area contributed by atoms with E-state index >= 15 is 0 Å². The van der Waals surface area contributed by atoms with Crippen LogP contribution in [0, 0.1) is 5.92 Å². The van der Waals surface area contributed by atoms with Gasteiger partial charge in [-0.2, -0.15) is 0 Å². The van der Waals surface area contributed by atoms with Crippen molar-refractivity contribution in [2.45, 2.75) is 64.1 Å². The molecule has 0 radical (unpaired) electrons. The molecule has 0 bridgehead atoms. The summed E-state index contributed by atoms with van der Waals surface area (Å²) in [6.07, 6.45) is 9.37. The van der Waals surface area contributed by atoms with Crippen LogP contribution in [0.3, 0.4) is 0 Å². The van der Waals surface area contributed by atoms with Crippen molar-refractivity contribution in [3.63, 3.8) is 0 Å². The van der Waals surface area contributed by atoms with E-state index in [2.05, 4.69) is 28.8 Å². The van der Waals surface area contributed by atoms with Crippen LogP contribution in [-0.2, 0) is 11.3 Å². The maximum atomic E-state index is 5.94. The van der Waals surface area contributed by atoms with Gasteiger partial charge in [0.2, 0.25) is 0 Å². The SMILES string of the molecule is CCCn1ccnc1C(NN)C1(OC)CCC(C)CC1. The van der Waals surface area contributed by atoms with Gasteiger partial charge in [0.05, 0.1) is 5.60 Å². The van der Waals surface area contributed by atoms with Crippen LogP contribution in [0.15, 0.2) is 12.4 Å². The summed E-state index contributed by atoms with van der Waals surface area (Å²) < 4.78 is 8.13. The molecule has 1 aliphatic carbocycles. The maximum Gasteiger partial charge on any atom is 0.130 e. The highest BCUT2D eigenvalue weighted by molar-refractivity contribution is 5.09. The maximum absolute atomic E-state index is 5.94. The van der Waals surface area contributed by atoms with Gasteiger partial charge in [0.15, 0.2) is 0 Å². The molecule has 0 spiro atoms. The summed E-state index contributed by atoms with van der Waals surface area (Å²) in [7, 11) is 1.80. The molecular weight excluding hydrogens is 252 g/mol. The number of hydrazine groups is 1. The van der Waals surface area contributed by atoms with Gasteiger partial charge in [-0.3, -0.25) is 5.84 Å². The third-order valence-electron chi connectivity index (χ3n) is 4.69. The largest absolute Gasteiger partial charge is 0.376 e. The number of hydrogen-bond donors (Lipinski definition) is 2. The van der Waals surface area contributed by atoms with E-state index in [-0.39, 0.29) is 11.6 Å². The van der Waals surface area contributed by atoms with Gasteiger partial charge in [0.25, 0.3) is 0 Å². The van der Waals surface area contributed by atoms with Gasteiger partial charge in [-0.1, -0.05) is 13.8 Å². The lowest BCUT2D eigenvalue weighted by Gasteiger charge is -2.43. The van der Waals surface area contributed by atoms with Gasteiger partial charge in [-0.05, 0) is 38.0 Å². The van der Waals surface area contributed by atoms with Crippen LogP contribution < -0.4 is 11.3 Å². The van der Waals surface area contributed by atoms with Crippen molar-refractivity contribution in [1.82, 2.24) is 15.0 Å². The number of hydrogen-bond acceptors (Lipinski definition) is 4. The number of nitrogens with two attached hydrogens (primary N) is 1. The first-order valence-corrected chi connectivity index (χ1v) is 7.69. The van der Waals surface area contributed by atoms with Gasteiger partial charge in [0.1, 0.15) is 11.9 Å². The minimum Gasteiger partial charge on any atom is -0.376 e. The third kappa shape index (κ3) is 2.90. The van der Waals surface area contributed by atoms with E-state index < -0.39 is 0 Å². The van der Waals surface area contributed by atoms with Gasteiger partial charge >= 0.3 is 0 Å². The Morgan fingerprint density at radius 1 is 1.55 bits per heavy atom. The molecule has 1 aromatic heterocycles. The van der Waals surface area contributed by atoms with E-state index in [0.29, 0.717) is 0 Å². The Labute approximate surface area is 121 Å². The summed E-state index contributed by atoms with van der Waals surface area (Å²) in [5.41, 5.74) is 2.73. The van der Waals surface area contributed by atoms with Crippen molar-refractivity contribution in [3.05, 3.63) is 18.2 Å². The molecule has 1 aromatic rings. The molecule has 0 aliphatic heterocycles. The zero-order valence-electron chi connectivity index (χ0n) is 12.9. The van der Waals surface area contributed by atoms with Gasteiger partial charge in [-0.15, -0.1) is 0 Å². The second-order valence-corrected chi connectivity index (χ2v) is 6.03. The van der Waals surface area contributed by atoms with Crippen LogP contribution in [0.25, 0.3) is 0 Å². The van der Waals surface area contributed by atoms with Crippen LogP contribution in [0.2, 0.25) is 0 Å².